The molecule has 0 aromatic rings. The van der Waals surface area contributed by atoms with Gasteiger partial charge in [-0.25, -0.2) is 4.79 Å². The normalized spacial score (nSPS) is 25.0. The maximum Gasteiger partial charge on any atom is 0.387 e. The first-order valence-electron chi connectivity index (χ1n) is 6.02. The number of amides is 2. The zero-order valence-electron chi connectivity index (χ0n) is 10.1. The molecule has 0 radical (unpaired) electrons. The van der Waals surface area contributed by atoms with Crippen LogP contribution in [0.25, 0.3) is 0 Å². The topological polar surface area (TPSA) is 63.2 Å². The Morgan fingerprint density at radius 2 is 2.31 bits per heavy atom. The highest BCUT2D eigenvalue weighted by Gasteiger charge is 2.34. The van der Waals surface area contributed by atoms with Gasteiger partial charge in [-0.3, -0.25) is 4.79 Å². The van der Waals surface area contributed by atoms with Crippen LogP contribution in [0.4, 0.5) is 0 Å². The molecule has 0 aromatic carbocycles. The molecule has 0 bridgehead atoms. The van der Waals surface area contributed by atoms with Gasteiger partial charge in [0.05, 0.1) is 6.42 Å². The quantitative estimate of drug-likeness (QED) is 0.707. The molecule has 1 heterocycles. The van der Waals surface area contributed by atoms with Gasteiger partial charge in [-0.1, -0.05) is 20.3 Å². The van der Waals surface area contributed by atoms with E-state index in [4.69, 9.17) is 5.73 Å². The van der Waals surface area contributed by atoms with Gasteiger partial charge in [-0.05, 0) is 12.8 Å². The fourth-order valence-corrected chi connectivity index (χ4v) is 2.15. The molecule has 0 aliphatic carbocycles. The van der Waals surface area contributed by atoms with Crippen LogP contribution < -0.4 is 5.73 Å². The zero-order chi connectivity index (χ0) is 12.1. The Balaban J connectivity index is 2.69. The lowest BCUT2D eigenvalue weighted by atomic mass is 10.0. The second-order valence-electron chi connectivity index (χ2n) is 4.47. The summed E-state index contributed by atoms with van der Waals surface area (Å²) in [6.45, 7) is 4.77. The molecule has 90 valence electrons. The van der Waals surface area contributed by atoms with E-state index in [1.54, 1.807) is 10.8 Å². The van der Waals surface area contributed by atoms with Crippen LogP contribution in [0.2, 0.25) is 0 Å². The lowest BCUT2D eigenvalue weighted by Gasteiger charge is -2.02. The molecule has 0 saturated carbocycles. The van der Waals surface area contributed by atoms with Crippen LogP contribution in [0.1, 0.15) is 39.5 Å². The van der Waals surface area contributed by atoms with Crippen LogP contribution in [0.3, 0.4) is 0 Å². The van der Waals surface area contributed by atoms with Gasteiger partial charge in [0.2, 0.25) is 5.91 Å². The van der Waals surface area contributed by atoms with E-state index in [-0.39, 0.29) is 17.7 Å². The monoisotopic (exact) mass is 225 g/mol. The third-order valence-corrected chi connectivity index (χ3v) is 3.10. The van der Waals surface area contributed by atoms with Crippen molar-refractivity contribution in [1.82, 2.24) is 0 Å². The van der Waals surface area contributed by atoms with Crippen LogP contribution in [0.15, 0.2) is 0 Å². The Labute approximate surface area is 96.5 Å². The molecule has 1 aliphatic heterocycles. The summed E-state index contributed by atoms with van der Waals surface area (Å²) in [6.07, 6.45) is 5.14. The Bertz CT molecular complexity index is 310. The second-order valence-corrected chi connectivity index (χ2v) is 4.47. The van der Waals surface area contributed by atoms with E-state index in [0.29, 0.717) is 18.8 Å². The predicted molar refractivity (Wildman–Crippen MR) is 62.2 cm³/mol. The van der Waals surface area contributed by atoms with Crippen molar-refractivity contribution in [2.45, 2.75) is 39.5 Å². The summed E-state index contributed by atoms with van der Waals surface area (Å²) in [4.78, 5) is 22.8. The molecule has 2 atom stereocenters. The van der Waals surface area contributed by atoms with Crippen molar-refractivity contribution < 1.29 is 14.2 Å². The van der Waals surface area contributed by atoms with Crippen LogP contribution in [-0.2, 0) is 9.59 Å². The van der Waals surface area contributed by atoms with Crippen molar-refractivity contribution in [2.75, 3.05) is 6.54 Å². The number of hydrogen-bond acceptors (Lipinski definition) is 2. The molecule has 2 N–H and O–H groups in total. The van der Waals surface area contributed by atoms with Crippen molar-refractivity contribution >= 4 is 18.0 Å². The molecular weight excluding hydrogens is 204 g/mol. The van der Waals surface area contributed by atoms with E-state index < -0.39 is 0 Å². The second kappa shape index (κ2) is 5.77. The van der Waals surface area contributed by atoms with E-state index in [2.05, 4.69) is 6.92 Å². The Kier molecular flexibility index (Phi) is 4.65. The van der Waals surface area contributed by atoms with E-state index in [1.807, 2.05) is 6.92 Å². The lowest BCUT2D eigenvalue weighted by molar-refractivity contribution is -0.434. The van der Waals surface area contributed by atoms with E-state index in [1.165, 1.54) is 0 Å². The highest BCUT2D eigenvalue weighted by atomic mass is 16.2. The minimum absolute atomic E-state index is 0.123. The van der Waals surface area contributed by atoms with Crippen molar-refractivity contribution in [2.24, 2.45) is 17.6 Å². The number of rotatable bonds is 5. The van der Waals surface area contributed by atoms with Crippen molar-refractivity contribution in [3.63, 3.8) is 0 Å². The van der Waals surface area contributed by atoms with Crippen molar-refractivity contribution in [3.05, 3.63) is 0 Å². The van der Waals surface area contributed by atoms with Gasteiger partial charge in [0.25, 0.3) is 0 Å². The molecule has 1 fully saturated rings. The van der Waals surface area contributed by atoms with Crippen molar-refractivity contribution in [1.29, 1.82) is 0 Å². The van der Waals surface area contributed by atoms with Crippen LogP contribution in [0.5, 0.6) is 0 Å². The molecule has 2 unspecified atom stereocenters. The minimum atomic E-state index is -0.353. The van der Waals surface area contributed by atoms with Crippen LogP contribution in [-0.4, -0.2) is 29.1 Å². The summed E-state index contributed by atoms with van der Waals surface area (Å²) >= 11 is 0. The third kappa shape index (κ3) is 3.15. The van der Waals surface area contributed by atoms with Gasteiger partial charge in [0, 0.05) is 5.92 Å². The number of nitrogens with two attached hydrogens (primary N) is 1. The average Bonchev–Trinajstić information content (AvgIpc) is 2.55. The Morgan fingerprint density at radius 3 is 2.81 bits per heavy atom. The summed E-state index contributed by atoms with van der Waals surface area (Å²) in [6, 6.07) is 0. The van der Waals surface area contributed by atoms with Gasteiger partial charge in [-0.15, -0.1) is 0 Å². The zero-order valence-corrected chi connectivity index (χ0v) is 10.1. The molecule has 4 nitrogen and oxygen atoms in total. The molecule has 0 aromatic heterocycles. The van der Waals surface area contributed by atoms with Gasteiger partial charge in [0.1, 0.15) is 5.92 Å². The fraction of sp³-hybridized carbons (Fsp3) is 0.750. The van der Waals surface area contributed by atoms with Crippen LogP contribution >= 0.6 is 0 Å². The number of primary amides is 1. The molecule has 2 amide bonds. The fourth-order valence-electron chi connectivity index (χ4n) is 2.15. The summed E-state index contributed by atoms with van der Waals surface area (Å²) in [5.74, 6) is -0.101. The maximum absolute atomic E-state index is 11.7. The maximum atomic E-state index is 11.7. The highest BCUT2D eigenvalue weighted by Crippen LogP contribution is 2.19. The first-order chi connectivity index (χ1) is 7.58. The molecule has 1 saturated heterocycles. The van der Waals surface area contributed by atoms with Gasteiger partial charge in [-0.2, -0.15) is 4.58 Å². The number of nitrogens with zero attached hydrogens (tertiary/aromatic N) is 1. The predicted octanol–water partition coefficient (Wildman–Crippen LogP) is 0.928. The molecule has 0 spiro atoms. The lowest BCUT2D eigenvalue weighted by Crippen LogP contribution is -2.29. The van der Waals surface area contributed by atoms with Gasteiger partial charge >= 0.3 is 5.91 Å². The highest BCUT2D eigenvalue weighted by molar-refractivity contribution is 5.92. The molecular formula is C12H21N2O2+. The Morgan fingerprint density at radius 1 is 1.62 bits per heavy atom. The molecule has 4 heteroatoms. The number of carbonyl (C=O) groups is 2. The first-order valence-corrected chi connectivity index (χ1v) is 6.02. The summed E-state index contributed by atoms with van der Waals surface area (Å²) in [7, 11) is 0. The minimum Gasteiger partial charge on any atom is -0.369 e. The average molecular weight is 225 g/mol. The smallest absolute Gasteiger partial charge is 0.369 e. The molecule has 16 heavy (non-hydrogen) atoms. The third-order valence-electron chi connectivity index (χ3n) is 3.10. The summed E-state index contributed by atoms with van der Waals surface area (Å²) in [5, 5.41) is 0. The van der Waals surface area contributed by atoms with Crippen LogP contribution in [0, 0.1) is 11.8 Å². The summed E-state index contributed by atoms with van der Waals surface area (Å²) < 4.78 is 1.68. The van der Waals surface area contributed by atoms with Gasteiger partial charge in [0.15, 0.2) is 12.8 Å². The summed E-state index contributed by atoms with van der Waals surface area (Å²) in [5.41, 5.74) is 5.26. The van der Waals surface area contributed by atoms with E-state index in [9.17, 15) is 9.59 Å². The number of hydrogen-bond donors (Lipinski definition) is 1. The largest absolute Gasteiger partial charge is 0.387 e. The first kappa shape index (κ1) is 12.9. The van der Waals surface area contributed by atoms with E-state index >= 15 is 0 Å². The molecule has 1 rings (SSSR count). The molecule has 1 aliphatic rings. The van der Waals surface area contributed by atoms with Gasteiger partial charge < -0.3 is 5.73 Å². The SMILES string of the molecule is CCCC1CC(=O)/[N+](=C/C(CC)C(N)=O)C1. The Hall–Kier alpha value is -1.19. The van der Waals surface area contributed by atoms with E-state index in [0.717, 1.165) is 19.4 Å². The van der Waals surface area contributed by atoms with Crippen molar-refractivity contribution in [3.8, 4) is 0 Å². The standard InChI is InChI=1S/C12H20N2O2/c1-3-5-9-6-11(15)14(7-9)8-10(4-2)12(13)16/h8-10H,3-7H2,1-2H3,(H-,13,16)/p+1/b14-8+. The number of carbonyl (C=O) groups excluding carboxylic acids is 2.